The standard InChI is InChI=1S/C26H25N3O2S/c1-2-31-26(30)21-12-14-29(15-13-21)24-23-22(16-32-25(23)28-17-27-24)20-10-8-19(9-11-20)18-6-4-3-5-7-18/h3-11,16-17,21H,2,12-15H2,1H3. The van der Waals surface area contributed by atoms with Gasteiger partial charge in [-0.15, -0.1) is 11.3 Å². The number of aromatic nitrogens is 2. The molecule has 2 aromatic heterocycles. The summed E-state index contributed by atoms with van der Waals surface area (Å²) in [5.74, 6) is 0.867. The number of carbonyl (C=O) groups is 1. The summed E-state index contributed by atoms with van der Waals surface area (Å²) in [5.41, 5.74) is 4.73. The molecule has 0 spiro atoms. The van der Waals surface area contributed by atoms with Gasteiger partial charge in [-0.05, 0) is 36.5 Å². The van der Waals surface area contributed by atoms with Crippen molar-refractivity contribution in [3.05, 3.63) is 66.3 Å². The zero-order valence-electron chi connectivity index (χ0n) is 18.0. The van der Waals surface area contributed by atoms with Crippen LogP contribution in [0.25, 0.3) is 32.5 Å². The molecule has 0 bridgehead atoms. The number of nitrogens with zero attached hydrogens (tertiary/aromatic N) is 3. The predicted octanol–water partition coefficient (Wildman–Crippen LogP) is 5.80. The van der Waals surface area contributed by atoms with Crippen LogP contribution in [0.1, 0.15) is 19.8 Å². The third-order valence-electron chi connectivity index (χ3n) is 6.07. The van der Waals surface area contributed by atoms with Crippen molar-refractivity contribution in [2.45, 2.75) is 19.8 Å². The lowest BCUT2D eigenvalue weighted by atomic mass is 9.96. The second-order valence-corrected chi connectivity index (χ2v) is 8.84. The number of hydrogen-bond acceptors (Lipinski definition) is 6. The molecule has 1 fully saturated rings. The van der Waals surface area contributed by atoms with Crippen LogP contribution < -0.4 is 4.90 Å². The van der Waals surface area contributed by atoms with Crippen LogP contribution in [-0.2, 0) is 9.53 Å². The van der Waals surface area contributed by atoms with Gasteiger partial charge in [0.2, 0.25) is 0 Å². The molecular formula is C26H25N3O2S. The molecule has 0 radical (unpaired) electrons. The third-order valence-corrected chi connectivity index (χ3v) is 6.95. The van der Waals surface area contributed by atoms with Crippen molar-refractivity contribution in [2.24, 2.45) is 5.92 Å². The molecule has 0 N–H and O–H groups in total. The highest BCUT2D eigenvalue weighted by Gasteiger charge is 2.28. The SMILES string of the molecule is CCOC(=O)C1CCN(c2ncnc3scc(-c4ccc(-c5ccccc5)cc4)c23)CC1. The summed E-state index contributed by atoms with van der Waals surface area (Å²) in [6, 6.07) is 19.1. The van der Waals surface area contributed by atoms with Crippen molar-refractivity contribution in [2.75, 3.05) is 24.6 Å². The number of anilines is 1. The summed E-state index contributed by atoms with van der Waals surface area (Å²) in [4.78, 5) is 24.6. The van der Waals surface area contributed by atoms with E-state index in [0.29, 0.717) is 6.61 Å². The molecule has 4 aromatic rings. The Labute approximate surface area is 191 Å². The highest BCUT2D eigenvalue weighted by atomic mass is 32.1. The van der Waals surface area contributed by atoms with E-state index in [0.717, 1.165) is 53.1 Å². The number of benzene rings is 2. The lowest BCUT2D eigenvalue weighted by Gasteiger charge is -2.32. The van der Waals surface area contributed by atoms with E-state index in [4.69, 9.17) is 4.74 Å². The molecule has 1 saturated heterocycles. The summed E-state index contributed by atoms with van der Waals surface area (Å²) >= 11 is 1.65. The van der Waals surface area contributed by atoms with Gasteiger partial charge < -0.3 is 9.64 Å². The first kappa shape index (κ1) is 20.6. The first-order valence-corrected chi connectivity index (χ1v) is 11.9. The minimum absolute atomic E-state index is 0.0176. The fourth-order valence-electron chi connectivity index (χ4n) is 4.37. The number of hydrogen-bond donors (Lipinski definition) is 0. The normalized spacial score (nSPS) is 14.6. The zero-order chi connectivity index (χ0) is 21.9. The molecule has 6 heteroatoms. The van der Waals surface area contributed by atoms with E-state index in [1.807, 2.05) is 13.0 Å². The molecule has 2 aromatic carbocycles. The molecule has 0 aliphatic carbocycles. The maximum absolute atomic E-state index is 12.1. The van der Waals surface area contributed by atoms with Gasteiger partial charge in [0.25, 0.3) is 0 Å². The molecule has 5 nitrogen and oxygen atoms in total. The summed E-state index contributed by atoms with van der Waals surface area (Å²) in [7, 11) is 0. The molecule has 1 aliphatic rings. The van der Waals surface area contributed by atoms with E-state index in [1.54, 1.807) is 17.7 Å². The highest BCUT2D eigenvalue weighted by molar-refractivity contribution is 7.17. The van der Waals surface area contributed by atoms with Crippen molar-refractivity contribution < 1.29 is 9.53 Å². The Morgan fingerprint density at radius 2 is 1.69 bits per heavy atom. The van der Waals surface area contributed by atoms with Crippen LogP contribution >= 0.6 is 11.3 Å². The molecule has 0 amide bonds. The molecule has 5 rings (SSSR count). The maximum atomic E-state index is 12.1. The average molecular weight is 444 g/mol. The van der Waals surface area contributed by atoms with Crippen molar-refractivity contribution in [3.8, 4) is 22.3 Å². The van der Waals surface area contributed by atoms with Gasteiger partial charge in [0.1, 0.15) is 17.0 Å². The van der Waals surface area contributed by atoms with Crippen LogP contribution in [0.15, 0.2) is 66.3 Å². The summed E-state index contributed by atoms with van der Waals surface area (Å²) in [6.07, 6.45) is 3.22. The number of fused-ring (bicyclic) bond motifs is 1. The maximum Gasteiger partial charge on any atom is 0.309 e. The lowest BCUT2D eigenvalue weighted by molar-refractivity contribution is -0.148. The number of thiophene rings is 1. The van der Waals surface area contributed by atoms with Crippen molar-refractivity contribution in [1.82, 2.24) is 9.97 Å². The van der Waals surface area contributed by atoms with Crippen LogP contribution in [0.5, 0.6) is 0 Å². The number of piperidine rings is 1. The molecule has 0 atom stereocenters. The predicted molar refractivity (Wildman–Crippen MR) is 130 cm³/mol. The minimum Gasteiger partial charge on any atom is -0.466 e. The van der Waals surface area contributed by atoms with E-state index < -0.39 is 0 Å². The van der Waals surface area contributed by atoms with Crippen LogP contribution in [0.3, 0.4) is 0 Å². The molecule has 0 unspecified atom stereocenters. The van der Waals surface area contributed by atoms with E-state index in [2.05, 4.69) is 68.8 Å². The van der Waals surface area contributed by atoms with Gasteiger partial charge in [0.05, 0.1) is 17.9 Å². The summed E-state index contributed by atoms with van der Waals surface area (Å²) in [5, 5.41) is 3.27. The van der Waals surface area contributed by atoms with Crippen LogP contribution in [-0.4, -0.2) is 35.6 Å². The van der Waals surface area contributed by atoms with Gasteiger partial charge >= 0.3 is 5.97 Å². The van der Waals surface area contributed by atoms with Crippen molar-refractivity contribution >= 4 is 33.3 Å². The largest absolute Gasteiger partial charge is 0.466 e. The number of carbonyl (C=O) groups excluding carboxylic acids is 1. The fraction of sp³-hybridized carbons (Fsp3) is 0.269. The zero-order valence-corrected chi connectivity index (χ0v) is 18.8. The van der Waals surface area contributed by atoms with E-state index in [-0.39, 0.29) is 11.9 Å². The van der Waals surface area contributed by atoms with E-state index in [9.17, 15) is 4.79 Å². The Morgan fingerprint density at radius 1 is 1.00 bits per heavy atom. The van der Waals surface area contributed by atoms with Crippen molar-refractivity contribution in [1.29, 1.82) is 0 Å². The smallest absolute Gasteiger partial charge is 0.309 e. The van der Waals surface area contributed by atoms with Gasteiger partial charge in [0.15, 0.2) is 0 Å². The summed E-state index contributed by atoms with van der Waals surface area (Å²) < 4.78 is 5.22. The topological polar surface area (TPSA) is 55.3 Å². The molecular weight excluding hydrogens is 418 g/mol. The Morgan fingerprint density at radius 3 is 2.41 bits per heavy atom. The second-order valence-electron chi connectivity index (χ2n) is 7.98. The second kappa shape index (κ2) is 9.09. The number of ether oxygens (including phenoxy) is 1. The van der Waals surface area contributed by atoms with Gasteiger partial charge in [0, 0.05) is 24.0 Å². The van der Waals surface area contributed by atoms with Crippen molar-refractivity contribution in [3.63, 3.8) is 0 Å². The molecule has 3 heterocycles. The Kier molecular flexibility index (Phi) is 5.86. The van der Waals surface area contributed by atoms with Crippen LogP contribution in [0, 0.1) is 5.92 Å². The third kappa shape index (κ3) is 3.98. The highest BCUT2D eigenvalue weighted by Crippen LogP contribution is 2.39. The fourth-order valence-corrected chi connectivity index (χ4v) is 5.28. The number of esters is 1. The van der Waals surface area contributed by atoms with E-state index in [1.165, 1.54) is 11.1 Å². The Bertz CT molecular complexity index is 1210. The van der Waals surface area contributed by atoms with Crippen LogP contribution in [0.4, 0.5) is 5.82 Å². The van der Waals surface area contributed by atoms with Gasteiger partial charge in [-0.25, -0.2) is 9.97 Å². The van der Waals surface area contributed by atoms with Gasteiger partial charge in [-0.2, -0.15) is 0 Å². The van der Waals surface area contributed by atoms with Gasteiger partial charge in [-0.3, -0.25) is 4.79 Å². The quantitative estimate of drug-likeness (QED) is 0.365. The first-order valence-electron chi connectivity index (χ1n) is 11.0. The van der Waals surface area contributed by atoms with E-state index >= 15 is 0 Å². The molecule has 0 saturated carbocycles. The van der Waals surface area contributed by atoms with Crippen LogP contribution in [0.2, 0.25) is 0 Å². The Balaban J connectivity index is 1.43. The number of rotatable bonds is 5. The monoisotopic (exact) mass is 443 g/mol. The first-order chi connectivity index (χ1) is 15.7. The summed E-state index contributed by atoms with van der Waals surface area (Å²) in [6.45, 7) is 3.87. The molecule has 32 heavy (non-hydrogen) atoms. The van der Waals surface area contributed by atoms with Gasteiger partial charge in [-0.1, -0.05) is 54.6 Å². The minimum atomic E-state index is -0.0743. The Hall–Kier alpha value is -3.25. The molecule has 1 aliphatic heterocycles. The lowest BCUT2D eigenvalue weighted by Crippen LogP contribution is -2.37. The average Bonchev–Trinajstić information content (AvgIpc) is 3.29. The molecule has 162 valence electrons.